The molecule has 1 heterocycles. The zero-order valence-electron chi connectivity index (χ0n) is 15.9. The van der Waals surface area contributed by atoms with E-state index in [9.17, 15) is 4.79 Å². The average molecular weight is 364 g/mol. The van der Waals surface area contributed by atoms with Crippen molar-refractivity contribution in [1.82, 2.24) is 15.1 Å². The molecule has 1 aliphatic carbocycles. The van der Waals surface area contributed by atoms with Crippen LogP contribution in [0.3, 0.4) is 0 Å². The molecular weight excluding hydrogens is 334 g/mol. The maximum atomic E-state index is 12.1. The van der Waals surface area contributed by atoms with Gasteiger partial charge in [-0.15, -0.1) is 0 Å². The summed E-state index contributed by atoms with van der Waals surface area (Å²) in [6.45, 7) is 5.76. The van der Waals surface area contributed by atoms with Crippen molar-refractivity contribution >= 4 is 5.91 Å². The minimum absolute atomic E-state index is 0.245. The van der Waals surface area contributed by atoms with Crippen LogP contribution in [0.4, 0.5) is 0 Å². The van der Waals surface area contributed by atoms with Gasteiger partial charge in [-0.3, -0.25) is 14.6 Å². The molecule has 2 aromatic carbocycles. The van der Waals surface area contributed by atoms with Gasteiger partial charge in [0.2, 0.25) is 5.91 Å². The zero-order valence-corrected chi connectivity index (χ0v) is 15.9. The molecule has 0 aromatic heterocycles. The molecule has 1 aliphatic heterocycles. The number of rotatable bonds is 7. The first-order valence-electron chi connectivity index (χ1n) is 10.1. The van der Waals surface area contributed by atoms with E-state index in [2.05, 4.69) is 75.8 Å². The van der Waals surface area contributed by atoms with Crippen LogP contribution in [0.1, 0.15) is 24.0 Å². The Labute approximate surface area is 162 Å². The van der Waals surface area contributed by atoms with E-state index in [1.165, 1.54) is 11.1 Å². The molecule has 1 atom stereocenters. The molecule has 2 fully saturated rings. The van der Waals surface area contributed by atoms with Crippen molar-refractivity contribution in [1.29, 1.82) is 0 Å². The number of nitrogens with one attached hydrogen (secondary N) is 1. The van der Waals surface area contributed by atoms with Crippen LogP contribution in [-0.2, 0) is 17.9 Å². The number of hydrogen-bond acceptors (Lipinski definition) is 3. The normalized spacial score (nSPS) is 21.1. The number of nitrogens with zero attached hydrogens (tertiary/aromatic N) is 2. The fraction of sp³-hybridized carbons (Fsp3) is 0.435. The SMILES string of the molecule is O=C(NCC1CN(Cc2ccccc2)CCN1Cc1ccccc1)C1CC1. The lowest BCUT2D eigenvalue weighted by Gasteiger charge is -2.41. The highest BCUT2D eigenvalue weighted by Crippen LogP contribution is 2.28. The second-order valence-corrected chi connectivity index (χ2v) is 7.85. The first-order valence-corrected chi connectivity index (χ1v) is 10.1. The van der Waals surface area contributed by atoms with Crippen LogP contribution in [0, 0.1) is 5.92 Å². The number of carbonyl (C=O) groups is 1. The minimum atomic E-state index is 0.245. The van der Waals surface area contributed by atoms with Crippen LogP contribution < -0.4 is 5.32 Å². The van der Waals surface area contributed by atoms with Crippen LogP contribution >= 0.6 is 0 Å². The van der Waals surface area contributed by atoms with Gasteiger partial charge in [0, 0.05) is 51.2 Å². The maximum absolute atomic E-state index is 12.1. The topological polar surface area (TPSA) is 35.6 Å². The molecule has 4 rings (SSSR count). The van der Waals surface area contributed by atoms with Gasteiger partial charge in [0.05, 0.1) is 0 Å². The van der Waals surface area contributed by atoms with Gasteiger partial charge in [-0.25, -0.2) is 0 Å². The highest BCUT2D eigenvalue weighted by molar-refractivity contribution is 5.80. The van der Waals surface area contributed by atoms with Crippen LogP contribution in [0.5, 0.6) is 0 Å². The molecule has 4 heteroatoms. The van der Waals surface area contributed by atoms with Gasteiger partial charge >= 0.3 is 0 Å². The number of piperazine rings is 1. The van der Waals surface area contributed by atoms with Gasteiger partial charge in [0.1, 0.15) is 0 Å². The van der Waals surface area contributed by atoms with Gasteiger partial charge in [-0.1, -0.05) is 60.7 Å². The molecule has 0 spiro atoms. The van der Waals surface area contributed by atoms with Crippen molar-refractivity contribution in [3.63, 3.8) is 0 Å². The first kappa shape index (κ1) is 18.2. The lowest BCUT2D eigenvalue weighted by atomic mass is 10.1. The second-order valence-electron chi connectivity index (χ2n) is 7.85. The Bertz CT molecular complexity index is 730. The first-order chi connectivity index (χ1) is 13.3. The molecule has 1 unspecified atom stereocenters. The molecule has 1 saturated carbocycles. The van der Waals surface area contributed by atoms with Crippen LogP contribution in [0.15, 0.2) is 60.7 Å². The van der Waals surface area contributed by atoms with E-state index in [0.29, 0.717) is 6.04 Å². The van der Waals surface area contributed by atoms with Gasteiger partial charge in [0.25, 0.3) is 0 Å². The third kappa shape index (κ3) is 5.18. The molecule has 0 radical (unpaired) electrons. The summed E-state index contributed by atoms with van der Waals surface area (Å²) in [6.07, 6.45) is 2.12. The van der Waals surface area contributed by atoms with E-state index in [0.717, 1.165) is 52.1 Å². The summed E-state index contributed by atoms with van der Waals surface area (Å²) in [4.78, 5) is 17.2. The fourth-order valence-electron chi connectivity index (χ4n) is 3.87. The lowest BCUT2D eigenvalue weighted by molar-refractivity contribution is -0.122. The molecule has 1 N–H and O–H groups in total. The predicted octanol–water partition coefficient (Wildman–Crippen LogP) is 2.90. The van der Waals surface area contributed by atoms with E-state index in [1.807, 2.05) is 0 Å². The number of carbonyl (C=O) groups excluding carboxylic acids is 1. The molecule has 2 aliphatic rings. The molecule has 1 amide bonds. The molecular formula is C23H29N3O. The maximum Gasteiger partial charge on any atom is 0.223 e. The highest BCUT2D eigenvalue weighted by atomic mass is 16.2. The van der Waals surface area contributed by atoms with E-state index >= 15 is 0 Å². The quantitative estimate of drug-likeness (QED) is 0.822. The summed E-state index contributed by atoms with van der Waals surface area (Å²) < 4.78 is 0. The van der Waals surface area contributed by atoms with Gasteiger partial charge in [0.15, 0.2) is 0 Å². The van der Waals surface area contributed by atoms with Crippen molar-refractivity contribution < 1.29 is 4.79 Å². The third-order valence-electron chi connectivity index (χ3n) is 5.63. The van der Waals surface area contributed by atoms with Crippen molar-refractivity contribution in [3.05, 3.63) is 71.8 Å². The summed E-state index contributed by atoms with van der Waals surface area (Å²) in [5, 5.41) is 3.21. The molecule has 27 heavy (non-hydrogen) atoms. The van der Waals surface area contributed by atoms with Crippen LogP contribution in [0.2, 0.25) is 0 Å². The van der Waals surface area contributed by atoms with Crippen molar-refractivity contribution in [3.8, 4) is 0 Å². The van der Waals surface area contributed by atoms with Crippen molar-refractivity contribution in [2.75, 3.05) is 26.2 Å². The summed E-state index contributed by atoms with van der Waals surface area (Å²) in [5.41, 5.74) is 2.70. The predicted molar refractivity (Wildman–Crippen MR) is 108 cm³/mol. The Morgan fingerprint density at radius 2 is 1.52 bits per heavy atom. The molecule has 2 aromatic rings. The molecule has 142 valence electrons. The Kier molecular flexibility index (Phi) is 5.85. The van der Waals surface area contributed by atoms with Gasteiger partial charge in [-0.2, -0.15) is 0 Å². The van der Waals surface area contributed by atoms with E-state index in [4.69, 9.17) is 0 Å². The molecule has 1 saturated heterocycles. The van der Waals surface area contributed by atoms with Crippen molar-refractivity contribution in [2.24, 2.45) is 5.92 Å². The fourth-order valence-corrected chi connectivity index (χ4v) is 3.87. The standard InChI is InChI=1S/C23H29N3O/c27-23(21-11-12-21)24-15-22-18-25(16-19-7-3-1-4-8-19)13-14-26(22)17-20-9-5-2-6-10-20/h1-10,21-22H,11-18H2,(H,24,27). The Balaban J connectivity index is 1.39. The largest absolute Gasteiger partial charge is 0.354 e. The number of benzene rings is 2. The smallest absolute Gasteiger partial charge is 0.223 e. The van der Waals surface area contributed by atoms with E-state index < -0.39 is 0 Å². The Hall–Kier alpha value is -2.17. The third-order valence-corrected chi connectivity index (χ3v) is 5.63. The monoisotopic (exact) mass is 363 g/mol. The summed E-state index contributed by atoms with van der Waals surface area (Å²) in [5.74, 6) is 0.520. The highest BCUT2D eigenvalue weighted by Gasteiger charge is 2.32. The van der Waals surface area contributed by atoms with Crippen molar-refractivity contribution in [2.45, 2.75) is 32.0 Å². The van der Waals surface area contributed by atoms with E-state index in [1.54, 1.807) is 0 Å². The zero-order chi connectivity index (χ0) is 18.5. The minimum Gasteiger partial charge on any atom is -0.354 e. The number of hydrogen-bond donors (Lipinski definition) is 1. The van der Waals surface area contributed by atoms with Gasteiger partial charge < -0.3 is 5.32 Å². The lowest BCUT2D eigenvalue weighted by Crippen LogP contribution is -2.56. The summed E-state index contributed by atoms with van der Waals surface area (Å²) in [7, 11) is 0. The number of amides is 1. The molecule has 0 bridgehead atoms. The Morgan fingerprint density at radius 1 is 0.889 bits per heavy atom. The van der Waals surface area contributed by atoms with Crippen LogP contribution in [0.25, 0.3) is 0 Å². The molecule has 4 nitrogen and oxygen atoms in total. The second kappa shape index (κ2) is 8.68. The summed E-state index contributed by atoms with van der Waals surface area (Å²) >= 11 is 0. The van der Waals surface area contributed by atoms with Gasteiger partial charge in [-0.05, 0) is 24.0 Å². The van der Waals surface area contributed by atoms with E-state index in [-0.39, 0.29) is 11.8 Å². The average Bonchev–Trinajstić information content (AvgIpc) is 3.55. The van der Waals surface area contributed by atoms with Crippen LogP contribution in [-0.4, -0.2) is 47.9 Å². The summed E-state index contributed by atoms with van der Waals surface area (Å²) in [6, 6.07) is 21.7. The Morgan fingerprint density at radius 3 is 2.15 bits per heavy atom.